The summed E-state index contributed by atoms with van der Waals surface area (Å²) in [5.41, 5.74) is 0. The zero-order chi connectivity index (χ0) is 7.11. The average molecular weight is 132 g/mol. The molecule has 9 heavy (non-hydrogen) atoms. The first kappa shape index (κ1) is 8.92. The molecule has 0 bridgehead atoms. The van der Waals surface area contributed by atoms with Gasteiger partial charge in [-0.15, -0.1) is 0 Å². The maximum absolute atomic E-state index is 8.49. The number of rotatable bonds is 1. The molecule has 0 saturated carbocycles. The third-order valence-corrected chi connectivity index (χ3v) is 1.28. The molecule has 0 amide bonds. The van der Waals surface area contributed by atoms with Crippen molar-refractivity contribution in [3.63, 3.8) is 0 Å². The fraction of sp³-hybridized carbons (Fsp3) is 1.00. The summed E-state index contributed by atoms with van der Waals surface area (Å²) in [7, 11) is 0. The lowest BCUT2D eigenvalue weighted by molar-refractivity contribution is 0.161. The molecule has 1 saturated heterocycles. The molecule has 2 heteroatoms. The smallest absolute Gasteiger partial charge is 0.0517 e. The first-order valence-electron chi connectivity index (χ1n) is 3.62. The zero-order valence-electron chi connectivity index (χ0n) is 6.26. The van der Waals surface area contributed by atoms with Gasteiger partial charge >= 0.3 is 0 Å². The van der Waals surface area contributed by atoms with Crippen LogP contribution in [0.15, 0.2) is 0 Å². The summed E-state index contributed by atoms with van der Waals surface area (Å²) in [5.74, 6) is 0.431. The second kappa shape index (κ2) is 6.05. The second-order valence-corrected chi connectivity index (χ2v) is 1.91. The summed E-state index contributed by atoms with van der Waals surface area (Å²) in [5, 5.41) is 8.49. The van der Waals surface area contributed by atoms with Gasteiger partial charge in [-0.1, -0.05) is 13.8 Å². The molecule has 1 heterocycles. The van der Waals surface area contributed by atoms with E-state index in [4.69, 9.17) is 9.84 Å². The Kier molecular flexibility index (Phi) is 5.99. The van der Waals surface area contributed by atoms with E-state index in [1.165, 1.54) is 0 Å². The monoisotopic (exact) mass is 132 g/mol. The number of hydrogen-bond acceptors (Lipinski definition) is 2. The first-order valence-corrected chi connectivity index (χ1v) is 3.62. The minimum atomic E-state index is 0.292. The van der Waals surface area contributed by atoms with Gasteiger partial charge in [0.15, 0.2) is 0 Å². The molecule has 1 rings (SSSR count). The summed E-state index contributed by atoms with van der Waals surface area (Å²) in [4.78, 5) is 0. The van der Waals surface area contributed by atoms with Crippen LogP contribution >= 0.6 is 0 Å². The van der Waals surface area contributed by atoms with Gasteiger partial charge in [0.1, 0.15) is 0 Å². The van der Waals surface area contributed by atoms with Crippen molar-refractivity contribution >= 4 is 0 Å². The Balaban J connectivity index is 0.000000291. The van der Waals surface area contributed by atoms with Gasteiger partial charge in [0.25, 0.3) is 0 Å². The Labute approximate surface area is 56.8 Å². The zero-order valence-corrected chi connectivity index (χ0v) is 6.26. The Morgan fingerprint density at radius 3 is 2.44 bits per heavy atom. The van der Waals surface area contributed by atoms with Crippen molar-refractivity contribution < 1.29 is 9.84 Å². The van der Waals surface area contributed by atoms with E-state index in [9.17, 15) is 0 Å². The molecule has 1 atom stereocenters. The van der Waals surface area contributed by atoms with Gasteiger partial charge in [-0.25, -0.2) is 0 Å². The predicted octanol–water partition coefficient (Wildman–Crippen LogP) is 1.04. The molecule has 0 spiro atoms. The van der Waals surface area contributed by atoms with E-state index in [0.717, 1.165) is 19.6 Å². The average Bonchev–Trinajstić information content (AvgIpc) is 2.43. The molecule has 0 aromatic heterocycles. The molecule has 1 fully saturated rings. The molecule has 2 nitrogen and oxygen atoms in total. The molecule has 0 aliphatic carbocycles. The minimum Gasteiger partial charge on any atom is -0.396 e. The highest BCUT2D eigenvalue weighted by atomic mass is 16.5. The van der Waals surface area contributed by atoms with E-state index in [2.05, 4.69) is 0 Å². The second-order valence-electron chi connectivity index (χ2n) is 1.91. The highest BCUT2D eigenvalue weighted by Crippen LogP contribution is 2.09. The number of ether oxygens (including phenoxy) is 1. The van der Waals surface area contributed by atoms with Crippen LogP contribution in [-0.2, 0) is 4.74 Å². The lowest BCUT2D eigenvalue weighted by Gasteiger charge is -1.96. The van der Waals surface area contributed by atoms with Crippen LogP contribution in [-0.4, -0.2) is 24.9 Å². The van der Waals surface area contributed by atoms with E-state index in [1.54, 1.807) is 0 Å². The molecular weight excluding hydrogens is 116 g/mol. The van der Waals surface area contributed by atoms with Gasteiger partial charge in [0, 0.05) is 19.1 Å². The summed E-state index contributed by atoms with van der Waals surface area (Å²) < 4.78 is 4.99. The Hall–Kier alpha value is -0.0800. The van der Waals surface area contributed by atoms with Gasteiger partial charge in [0.05, 0.1) is 6.61 Å². The summed E-state index contributed by atoms with van der Waals surface area (Å²) >= 11 is 0. The number of hydrogen-bond donors (Lipinski definition) is 1. The van der Waals surface area contributed by atoms with Gasteiger partial charge < -0.3 is 9.84 Å². The lowest BCUT2D eigenvalue weighted by Crippen LogP contribution is -2.03. The van der Waals surface area contributed by atoms with Crippen LogP contribution in [0.4, 0.5) is 0 Å². The topological polar surface area (TPSA) is 29.5 Å². The maximum Gasteiger partial charge on any atom is 0.0517 e. The fourth-order valence-electron chi connectivity index (χ4n) is 0.727. The van der Waals surface area contributed by atoms with Gasteiger partial charge in [-0.3, -0.25) is 0 Å². The van der Waals surface area contributed by atoms with Crippen LogP contribution in [0.2, 0.25) is 0 Å². The molecular formula is C7H16O2. The van der Waals surface area contributed by atoms with Crippen molar-refractivity contribution in [2.45, 2.75) is 20.3 Å². The SMILES string of the molecule is CC.OCC1CCOC1. The van der Waals surface area contributed by atoms with E-state index in [-0.39, 0.29) is 0 Å². The molecule has 0 aromatic carbocycles. The van der Waals surface area contributed by atoms with Crippen LogP contribution in [0.25, 0.3) is 0 Å². The summed E-state index contributed by atoms with van der Waals surface area (Å²) in [6.07, 6.45) is 1.04. The van der Waals surface area contributed by atoms with Crippen molar-refractivity contribution in [1.29, 1.82) is 0 Å². The Morgan fingerprint density at radius 1 is 1.56 bits per heavy atom. The molecule has 1 aliphatic rings. The van der Waals surface area contributed by atoms with Crippen LogP contribution < -0.4 is 0 Å². The lowest BCUT2D eigenvalue weighted by atomic mass is 10.1. The number of aliphatic hydroxyl groups is 1. The molecule has 1 aliphatic heterocycles. The third-order valence-electron chi connectivity index (χ3n) is 1.28. The molecule has 1 N–H and O–H groups in total. The van der Waals surface area contributed by atoms with Crippen molar-refractivity contribution in [2.75, 3.05) is 19.8 Å². The van der Waals surface area contributed by atoms with Crippen LogP contribution in [0, 0.1) is 5.92 Å². The van der Waals surface area contributed by atoms with Crippen LogP contribution in [0.5, 0.6) is 0 Å². The normalized spacial score (nSPS) is 25.0. The first-order chi connectivity index (χ1) is 4.43. The highest BCUT2D eigenvalue weighted by molar-refractivity contribution is 4.60. The molecule has 1 unspecified atom stereocenters. The van der Waals surface area contributed by atoms with E-state index >= 15 is 0 Å². The highest BCUT2D eigenvalue weighted by Gasteiger charge is 2.12. The molecule has 56 valence electrons. The van der Waals surface area contributed by atoms with E-state index in [1.807, 2.05) is 13.8 Å². The van der Waals surface area contributed by atoms with Crippen molar-refractivity contribution in [2.24, 2.45) is 5.92 Å². The van der Waals surface area contributed by atoms with Crippen molar-refractivity contribution in [1.82, 2.24) is 0 Å². The Morgan fingerprint density at radius 2 is 2.22 bits per heavy atom. The van der Waals surface area contributed by atoms with Gasteiger partial charge in [-0.2, -0.15) is 0 Å². The third kappa shape index (κ3) is 3.49. The Bertz CT molecular complexity index is 48.9. The van der Waals surface area contributed by atoms with Gasteiger partial charge in [-0.05, 0) is 6.42 Å². The largest absolute Gasteiger partial charge is 0.396 e. The summed E-state index contributed by atoms with van der Waals surface area (Å²) in [6, 6.07) is 0. The summed E-state index contributed by atoms with van der Waals surface area (Å²) in [6.45, 7) is 5.89. The van der Waals surface area contributed by atoms with Crippen LogP contribution in [0.1, 0.15) is 20.3 Å². The standard InChI is InChI=1S/C5H10O2.C2H6/c6-3-5-1-2-7-4-5;1-2/h5-6H,1-4H2;1-2H3. The van der Waals surface area contributed by atoms with E-state index < -0.39 is 0 Å². The molecule has 0 aromatic rings. The fourth-order valence-corrected chi connectivity index (χ4v) is 0.727. The molecule has 0 radical (unpaired) electrons. The van der Waals surface area contributed by atoms with Crippen molar-refractivity contribution in [3.8, 4) is 0 Å². The van der Waals surface area contributed by atoms with Crippen LogP contribution in [0.3, 0.4) is 0 Å². The number of aliphatic hydroxyl groups excluding tert-OH is 1. The van der Waals surface area contributed by atoms with Gasteiger partial charge in [0.2, 0.25) is 0 Å². The maximum atomic E-state index is 8.49. The van der Waals surface area contributed by atoms with E-state index in [0.29, 0.717) is 12.5 Å². The van der Waals surface area contributed by atoms with Crippen molar-refractivity contribution in [3.05, 3.63) is 0 Å². The minimum absolute atomic E-state index is 0.292. The quantitative estimate of drug-likeness (QED) is 0.577. The predicted molar refractivity (Wildman–Crippen MR) is 37.4 cm³/mol.